The summed E-state index contributed by atoms with van der Waals surface area (Å²) in [6, 6.07) is 6.76. The number of piperazine rings is 1. The molecule has 2 aliphatic rings. The van der Waals surface area contributed by atoms with Gasteiger partial charge in [0.2, 0.25) is 6.79 Å². The average molecular weight is 263 g/mol. The first-order chi connectivity index (χ1) is 9.28. The van der Waals surface area contributed by atoms with Crippen molar-refractivity contribution in [2.45, 2.75) is 6.04 Å². The fourth-order valence-corrected chi connectivity index (χ4v) is 2.72. The molecular formula is C14H21N3O2. The highest BCUT2D eigenvalue weighted by atomic mass is 16.7. The summed E-state index contributed by atoms with van der Waals surface area (Å²) in [4.78, 5) is 4.84. The Kier molecular flexibility index (Phi) is 3.48. The van der Waals surface area contributed by atoms with Crippen molar-refractivity contribution >= 4 is 5.69 Å². The van der Waals surface area contributed by atoms with Crippen LogP contribution in [-0.2, 0) is 0 Å². The number of anilines is 1. The van der Waals surface area contributed by atoms with Crippen LogP contribution in [0.15, 0.2) is 18.2 Å². The van der Waals surface area contributed by atoms with E-state index in [1.165, 1.54) is 5.69 Å². The minimum absolute atomic E-state index is 0.337. The Hall–Kier alpha value is -1.46. The van der Waals surface area contributed by atoms with Gasteiger partial charge in [-0.3, -0.25) is 4.90 Å². The molecule has 0 aromatic heterocycles. The number of hydrogen-bond donors (Lipinski definition) is 1. The first kappa shape index (κ1) is 12.6. The van der Waals surface area contributed by atoms with Crippen molar-refractivity contribution in [1.29, 1.82) is 0 Å². The fourth-order valence-electron chi connectivity index (χ4n) is 2.72. The Morgan fingerprint density at radius 3 is 2.95 bits per heavy atom. The van der Waals surface area contributed by atoms with Gasteiger partial charge < -0.3 is 19.7 Å². The summed E-state index contributed by atoms with van der Waals surface area (Å²) in [6.45, 7) is 4.52. The van der Waals surface area contributed by atoms with Gasteiger partial charge in [-0.25, -0.2) is 0 Å². The van der Waals surface area contributed by atoms with Crippen LogP contribution in [0.5, 0.6) is 11.5 Å². The second-order valence-corrected chi connectivity index (χ2v) is 5.18. The van der Waals surface area contributed by atoms with Crippen LogP contribution >= 0.6 is 0 Å². The molecule has 1 N–H and O–H groups in total. The molecule has 1 saturated heterocycles. The Morgan fingerprint density at radius 2 is 2.11 bits per heavy atom. The van der Waals surface area contributed by atoms with Crippen molar-refractivity contribution in [3.63, 3.8) is 0 Å². The van der Waals surface area contributed by atoms with Crippen molar-refractivity contribution in [3.8, 4) is 11.5 Å². The standard InChI is InChI=1S/C14H21N3O2/c1-15-8-12-9-17(6-5-16(12)2)11-3-4-13-14(7-11)19-10-18-13/h3-4,7,12,15H,5-6,8-10H2,1-2H3. The molecule has 0 amide bonds. The Labute approximate surface area is 114 Å². The SMILES string of the molecule is CNCC1CN(c2ccc3c(c2)OCO3)CCN1C. The molecule has 19 heavy (non-hydrogen) atoms. The Bertz CT molecular complexity index is 452. The van der Waals surface area contributed by atoms with E-state index < -0.39 is 0 Å². The van der Waals surface area contributed by atoms with Gasteiger partial charge in [-0.1, -0.05) is 0 Å². The van der Waals surface area contributed by atoms with E-state index in [9.17, 15) is 0 Å². The van der Waals surface area contributed by atoms with Crippen molar-refractivity contribution in [1.82, 2.24) is 10.2 Å². The summed E-state index contributed by atoms with van der Waals surface area (Å²) < 4.78 is 10.8. The van der Waals surface area contributed by atoms with Gasteiger partial charge >= 0.3 is 0 Å². The van der Waals surface area contributed by atoms with E-state index in [0.717, 1.165) is 37.7 Å². The van der Waals surface area contributed by atoms with Crippen LogP contribution in [0.3, 0.4) is 0 Å². The molecule has 2 heterocycles. The highest BCUT2D eigenvalue weighted by Crippen LogP contribution is 2.35. The molecule has 5 heteroatoms. The van der Waals surface area contributed by atoms with Crippen LogP contribution in [0.2, 0.25) is 0 Å². The molecule has 1 atom stereocenters. The highest BCUT2D eigenvalue weighted by molar-refractivity contribution is 5.57. The van der Waals surface area contributed by atoms with Crippen molar-refractivity contribution in [2.24, 2.45) is 0 Å². The number of nitrogens with zero attached hydrogens (tertiary/aromatic N) is 2. The summed E-state index contributed by atoms with van der Waals surface area (Å²) in [5.41, 5.74) is 1.22. The van der Waals surface area contributed by atoms with E-state index >= 15 is 0 Å². The molecule has 2 aliphatic heterocycles. The molecular weight excluding hydrogens is 242 g/mol. The normalized spacial score (nSPS) is 22.8. The summed E-state index contributed by atoms with van der Waals surface area (Å²) in [6.07, 6.45) is 0. The second kappa shape index (κ2) is 5.27. The molecule has 1 aromatic rings. The number of benzene rings is 1. The van der Waals surface area contributed by atoms with Crippen LogP contribution in [0.25, 0.3) is 0 Å². The number of likely N-dealkylation sites (N-methyl/N-ethyl adjacent to an activating group) is 2. The third kappa shape index (κ3) is 2.48. The van der Waals surface area contributed by atoms with E-state index in [4.69, 9.17) is 9.47 Å². The zero-order chi connectivity index (χ0) is 13.2. The zero-order valence-corrected chi connectivity index (χ0v) is 11.6. The van der Waals surface area contributed by atoms with E-state index in [1.807, 2.05) is 13.1 Å². The summed E-state index contributed by atoms with van der Waals surface area (Å²) in [5.74, 6) is 1.71. The molecule has 0 aliphatic carbocycles. The lowest BCUT2D eigenvalue weighted by Gasteiger charge is -2.40. The largest absolute Gasteiger partial charge is 0.454 e. The molecule has 1 aromatic carbocycles. The van der Waals surface area contributed by atoms with Gasteiger partial charge in [0.25, 0.3) is 0 Å². The third-order valence-electron chi connectivity index (χ3n) is 3.94. The summed E-state index contributed by atoms with van der Waals surface area (Å²) in [5, 5.41) is 3.27. The van der Waals surface area contributed by atoms with Gasteiger partial charge in [0.15, 0.2) is 11.5 Å². The molecule has 0 spiro atoms. The number of nitrogens with one attached hydrogen (secondary N) is 1. The van der Waals surface area contributed by atoms with Crippen molar-refractivity contribution in [2.75, 3.05) is 52.0 Å². The van der Waals surface area contributed by atoms with E-state index in [1.54, 1.807) is 0 Å². The number of ether oxygens (including phenoxy) is 2. The number of fused-ring (bicyclic) bond motifs is 1. The first-order valence-electron chi connectivity index (χ1n) is 6.77. The van der Waals surface area contributed by atoms with Gasteiger partial charge in [0, 0.05) is 44.0 Å². The van der Waals surface area contributed by atoms with E-state index in [-0.39, 0.29) is 0 Å². The van der Waals surface area contributed by atoms with E-state index in [2.05, 4.69) is 34.3 Å². The molecule has 1 unspecified atom stereocenters. The maximum Gasteiger partial charge on any atom is 0.231 e. The van der Waals surface area contributed by atoms with Crippen LogP contribution in [0, 0.1) is 0 Å². The highest BCUT2D eigenvalue weighted by Gasteiger charge is 2.25. The van der Waals surface area contributed by atoms with Crippen LogP contribution in [0.1, 0.15) is 0 Å². The molecule has 0 bridgehead atoms. The zero-order valence-electron chi connectivity index (χ0n) is 11.6. The summed E-state index contributed by atoms with van der Waals surface area (Å²) in [7, 11) is 4.20. The van der Waals surface area contributed by atoms with Crippen LogP contribution < -0.4 is 19.7 Å². The maximum atomic E-state index is 5.45. The minimum atomic E-state index is 0.337. The third-order valence-corrected chi connectivity index (χ3v) is 3.94. The van der Waals surface area contributed by atoms with Gasteiger partial charge in [0.1, 0.15) is 0 Å². The minimum Gasteiger partial charge on any atom is -0.454 e. The predicted octanol–water partition coefficient (Wildman–Crippen LogP) is 0.755. The average Bonchev–Trinajstić information content (AvgIpc) is 2.89. The number of hydrogen-bond acceptors (Lipinski definition) is 5. The lowest BCUT2D eigenvalue weighted by molar-refractivity contribution is 0.174. The topological polar surface area (TPSA) is 37.0 Å². The van der Waals surface area contributed by atoms with Crippen molar-refractivity contribution in [3.05, 3.63) is 18.2 Å². The molecule has 3 rings (SSSR count). The summed E-state index contributed by atoms with van der Waals surface area (Å²) >= 11 is 0. The first-order valence-corrected chi connectivity index (χ1v) is 6.77. The fraction of sp³-hybridized carbons (Fsp3) is 0.571. The molecule has 0 radical (unpaired) electrons. The van der Waals surface area contributed by atoms with Gasteiger partial charge in [0.05, 0.1) is 0 Å². The van der Waals surface area contributed by atoms with Crippen molar-refractivity contribution < 1.29 is 9.47 Å². The lowest BCUT2D eigenvalue weighted by Crippen LogP contribution is -2.54. The van der Waals surface area contributed by atoms with Gasteiger partial charge in [-0.05, 0) is 26.2 Å². The molecule has 104 valence electrons. The maximum absolute atomic E-state index is 5.45. The predicted molar refractivity (Wildman–Crippen MR) is 75.1 cm³/mol. The molecule has 5 nitrogen and oxygen atoms in total. The van der Waals surface area contributed by atoms with Gasteiger partial charge in [-0.2, -0.15) is 0 Å². The molecule has 1 fully saturated rings. The Balaban J connectivity index is 1.75. The smallest absolute Gasteiger partial charge is 0.231 e. The van der Waals surface area contributed by atoms with Crippen LogP contribution in [-0.4, -0.2) is 58.0 Å². The lowest BCUT2D eigenvalue weighted by atomic mass is 10.1. The van der Waals surface area contributed by atoms with Crippen LogP contribution in [0.4, 0.5) is 5.69 Å². The number of rotatable bonds is 3. The van der Waals surface area contributed by atoms with E-state index in [0.29, 0.717) is 12.8 Å². The molecule has 0 saturated carbocycles. The van der Waals surface area contributed by atoms with Gasteiger partial charge in [-0.15, -0.1) is 0 Å². The Morgan fingerprint density at radius 1 is 1.26 bits per heavy atom. The quantitative estimate of drug-likeness (QED) is 0.871. The second-order valence-electron chi connectivity index (χ2n) is 5.18. The monoisotopic (exact) mass is 263 g/mol.